The fraction of sp³-hybridized carbons (Fsp3) is 0.650. The fourth-order valence-electron chi connectivity index (χ4n) is 6.22. The molecule has 4 heteroatoms. The van der Waals surface area contributed by atoms with Gasteiger partial charge in [-0.3, -0.25) is 4.79 Å². The molecule has 4 fully saturated rings. The minimum atomic E-state index is -0.138. The number of alkyl halides is 1. The van der Waals surface area contributed by atoms with E-state index in [1.54, 1.807) is 0 Å². The van der Waals surface area contributed by atoms with Crippen LogP contribution in [0.25, 0.3) is 0 Å². The summed E-state index contributed by atoms with van der Waals surface area (Å²) in [7, 11) is 0. The summed E-state index contributed by atoms with van der Waals surface area (Å²) in [6, 6.07) is 8.22. The molecule has 6 rings (SSSR count). The Kier molecular flexibility index (Phi) is 3.32. The van der Waals surface area contributed by atoms with Gasteiger partial charge in [-0.2, -0.15) is 0 Å². The Bertz CT molecular complexity index is 674. The van der Waals surface area contributed by atoms with Crippen LogP contribution in [0, 0.1) is 17.3 Å². The van der Waals surface area contributed by atoms with Gasteiger partial charge in [0.15, 0.2) is 0 Å². The van der Waals surface area contributed by atoms with Crippen molar-refractivity contribution in [3.05, 3.63) is 29.8 Å². The third-order valence-corrected chi connectivity index (χ3v) is 7.66. The number of para-hydroxylation sites is 1. The molecule has 0 aromatic heterocycles. The van der Waals surface area contributed by atoms with E-state index in [2.05, 4.69) is 27.3 Å². The molecule has 2 unspecified atom stereocenters. The summed E-state index contributed by atoms with van der Waals surface area (Å²) in [5.74, 6) is 2.69. The second kappa shape index (κ2) is 5.23. The highest BCUT2D eigenvalue weighted by Gasteiger charge is 2.59. The number of benzene rings is 1. The number of ether oxygens (including phenoxy) is 1. The Morgan fingerprint density at radius 2 is 1.92 bits per heavy atom. The van der Waals surface area contributed by atoms with Crippen molar-refractivity contribution >= 4 is 21.8 Å². The standard InChI is InChI=1S/C20H24BrNO2/c21-20-10-13-7-14(11-20)9-19(8-13,12-20)18(23)22-16-5-6-24-17-4-2-1-3-15(16)17/h1-4,13-14,16H,5-12H2,(H,22,23)/t13-,14+,16-,19?,20?/m1/s1. The number of nitrogens with one attached hydrogen (secondary N) is 1. The number of carbonyl (C=O) groups excluding carboxylic acids is 1. The molecule has 4 saturated carbocycles. The second-order valence-electron chi connectivity index (χ2n) is 8.59. The largest absolute Gasteiger partial charge is 0.493 e. The molecule has 128 valence electrons. The van der Waals surface area contributed by atoms with Gasteiger partial charge in [0.1, 0.15) is 5.75 Å². The number of halogens is 1. The number of hydrogen-bond donors (Lipinski definition) is 1. The topological polar surface area (TPSA) is 38.3 Å². The third-order valence-electron chi connectivity index (χ3n) is 6.74. The van der Waals surface area contributed by atoms with Crippen molar-refractivity contribution in [2.24, 2.45) is 17.3 Å². The van der Waals surface area contributed by atoms with Crippen LogP contribution in [-0.2, 0) is 4.79 Å². The normalized spacial score (nSPS) is 42.3. The van der Waals surface area contributed by atoms with Crippen molar-refractivity contribution in [2.75, 3.05) is 6.61 Å². The molecule has 1 amide bonds. The molecule has 0 radical (unpaired) electrons. The molecule has 1 aromatic carbocycles. The highest BCUT2D eigenvalue weighted by atomic mass is 79.9. The van der Waals surface area contributed by atoms with Crippen LogP contribution in [0.4, 0.5) is 0 Å². The molecule has 1 N–H and O–H groups in total. The summed E-state index contributed by atoms with van der Waals surface area (Å²) in [6.07, 6.45) is 7.93. The summed E-state index contributed by atoms with van der Waals surface area (Å²) in [4.78, 5) is 13.3. The van der Waals surface area contributed by atoms with E-state index < -0.39 is 0 Å². The second-order valence-corrected chi connectivity index (χ2v) is 10.3. The van der Waals surface area contributed by atoms with Crippen LogP contribution < -0.4 is 10.1 Å². The lowest BCUT2D eigenvalue weighted by Crippen LogP contribution is -2.58. The van der Waals surface area contributed by atoms with E-state index in [4.69, 9.17) is 4.74 Å². The third kappa shape index (κ3) is 2.33. The molecule has 1 aromatic rings. The van der Waals surface area contributed by atoms with Gasteiger partial charge >= 0.3 is 0 Å². The zero-order chi connectivity index (χ0) is 16.4. The lowest BCUT2D eigenvalue weighted by atomic mass is 9.49. The Hall–Kier alpha value is -1.03. The van der Waals surface area contributed by atoms with E-state index in [0.717, 1.165) is 48.8 Å². The van der Waals surface area contributed by atoms with Crippen molar-refractivity contribution in [2.45, 2.75) is 55.3 Å². The van der Waals surface area contributed by atoms with Gasteiger partial charge in [0.25, 0.3) is 0 Å². The average molecular weight is 390 g/mol. The number of hydrogen-bond acceptors (Lipinski definition) is 2. The van der Waals surface area contributed by atoms with Gasteiger partial charge in [0, 0.05) is 16.3 Å². The lowest BCUT2D eigenvalue weighted by molar-refractivity contribution is -0.145. The number of rotatable bonds is 2. The first-order valence-corrected chi connectivity index (χ1v) is 10.1. The average Bonchev–Trinajstić information content (AvgIpc) is 2.53. The quantitative estimate of drug-likeness (QED) is 0.762. The predicted octanol–water partition coefficient (Wildman–Crippen LogP) is 4.36. The van der Waals surface area contributed by atoms with Gasteiger partial charge in [-0.05, 0) is 56.4 Å². The molecule has 1 heterocycles. The van der Waals surface area contributed by atoms with Crippen molar-refractivity contribution in [3.8, 4) is 5.75 Å². The van der Waals surface area contributed by atoms with Gasteiger partial charge in [-0.1, -0.05) is 34.1 Å². The van der Waals surface area contributed by atoms with Crippen LogP contribution in [0.3, 0.4) is 0 Å². The molecule has 5 aliphatic rings. The zero-order valence-electron chi connectivity index (χ0n) is 13.9. The maximum absolute atomic E-state index is 13.3. The van der Waals surface area contributed by atoms with Crippen LogP contribution in [0.5, 0.6) is 5.75 Å². The Balaban J connectivity index is 1.40. The maximum Gasteiger partial charge on any atom is 0.226 e. The van der Waals surface area contributed by atoms with Crippen molar-refractivity contribution in [1.29, 1.82) is 0 Å². The molecular formula is C20H24BrNO2. The van der Waals surface area contributed by atoms with E-state index in [9.17, 15) is 4.79 Å². The highest BCUT2D eigenvalue weighted by Crippen LogP contribution is 2.64. The molecule has 4 aliphatic carbocycles. The first-order valence-electron chi connectivity index (χ1n) is 9.27. The van der Waals surface area contributed by atoms with Crippen molar-refractivity contribution in [3.63, 3.8) is 0 Å². The number of carbonyl (C=O) groups is 1. The monoisotopic (exact) mass is 389 g/mol. The fourth-order valence-corrected chi connectivity index (χ4v) is 7.67. The van der Waals surface area contributed by atoms with Crippen molar-refractivity contribution < 1.29 is 9.53 Å². The molecule has 5 atom stereocenters. The van der Waals surface area contributed by atoms with Crippen molar-refractivity contribution in [1.82, 2.24) is 5.32 Å². The van der Waals surface area contributed by atoms with E-state index >= 15 is 0 Å². The molecule has 3 nitrogen and oxygen atoms in total. The number of amides is 1. The Morgan fingerprint density at radius 1 is 1.17 bits per heavy atom. The van der Waals surface area contributed by atoms with Crippen LogP contribution in [0.15, 0.2) is 24.3 Å². The van der Waals surface area contributed by atoms with Gasteiger partial charge in [-0.15, -0.1) is 0 Å². The van der Waals surface area contributed by atoms with E-state index in [0.29, 0.717) is 12.5 Å². The zero-order valence-corrected chi connectivity index (χ0v) is 15.5. The van der Waals surface area contributed by atoms with Gasteiger partial charge in [0.2, 0.25) is 5.91 Å². The molecule has 24 heavy (non-hydrogen) atoms. The maximum atomic E-state index is 13.3. The predicted molar refractivity (Wildman–Crippen MR) is 96.2 cm³/mol. The van der Waals surface area contributed by atoms with E-state index in [1.165, 1.54) is 19.3 Å². The first kappa shape index (κ1) is 15.2. The minimum absolute atomic E-state index is 0.0988. The summed E-state index contributed by atoms with van der Waals surface area (Å²) < 4.78 is 5.97. The first-order chi connectivity index (χ1) is 11.6. The summed E-state index contributed by atoms with van der Waals surface area (Å²) in [6.45, 7) is 0.683. The number of fused-ring (bicyclic) bond motifs is 1. The summed E-state index contributed by atoms with van der Waals surface area (Å²) in [5, 5.41) is 3.41. The molecular weight excluding hydrogens is 366 g/mol. The Morgan fingerprint density at radius 3 is 2.67 bits per heavy atom. The molecule has 0 saturated heterocycles. The van der Waals surface area contributed by atoms with Gasteiger partial charge in [-0.25, -0.2) is 0 Å². The molecule has 4 bridgehead atoms. The van der Waals surface area contributed by atoms with Crippen LogP contribution in [0.1, 0.15) is 56.6 Å². The van der Waals surface area contributed by atoms with E-state index in [-0.39, 0.29) is 15.8 Å². The van der Waals surface area contributed by atoms with Crippen LogP contribution >= 0.6 is 15.9 Å². The highest BCUT2D eigenvalue weighted by molar-refractivity contribution is 9.10. The smallest absolute Gasteiger partial charge is 0.226 e. The van der Waals surface area contributed by atoms with Crippen LogP contribution in [-0.4, -0.2) is 16.8 Å². The Labute approximate surface area is 151 Å². The SMILES string of the molecule is O=C(N[C@@H]1CCOc2ccccc21)C12C[C@@H]3C[C@@H](CC(Br)(C3)C1)C2. The van der Waals surface area contributed by atoms with Gasteiger partial charge < -0.3 is 10.1 Å². The molecule has 1 aliphatic heterocycles. The molecule has 0 spiro atoms. The van der Waals surface area contributed by atoms with E-state index in [1.807, 2.05) is 18.2 Å². The van der Waals surface area contributed by atoms with Gasteiger partial charge in [0.05, 0.1) is 18.1 Å². The summed E-state index contributed by atoms with van der Waals surface area (Å²) >= 11 is 4.01. The lowest BCUT2D eigenvalue weighted by Gasteiger charge is -2.59. The minimum Gasteiger partial charge on any atom is -0.493 e. The summed E-state index contributed by atoms with van der Waals surface area (Å²) in [5.41, 5.74) is 0.997. The van der Waals surface area contributed by atoms with Crippen LogP contribution in [0.2, 0.25) is 0 Å².